The third-order valence-electron chi connectivity index (χ3n) is 1.41. The van der Waals surface area contributed by atoms with Gasteiger partial charge in [0.15, 0.2) is 0 Å². The Balaban J connectivity index is 4.08. The summed E-state index contributed by atoms with van der Waals surface area (Å²) in [4.78, 5) is 22.5. The van der Waals surface area contributed by atoms with E-state index in [0.29, 0.717) is 6.23 Å². The lowest BCUT2D eigenvalue weighted by molar-refractivity contribution is -0.149. The third kappa shape index (κ3) is 11.2. The van der Waals surface area contributed by atoms with Crippen LogP contribution < -0.4 is 0 Å². The zero-order valence-electron chi connectivity index (χ0n) is 11.5. The number of carbonyl (C=O) groups is 2. The summed E-state index contributed by atoms with van der Waals surface area (Å²) in [5.74, 6) is -1.04. The molecule has 0 aliphatic rings. The van der Waals surface area contributed by atoms with Crippen molar-refractivity contribution < 1.29 is 19.1 Å². The van der Waals surface area contributed by atoms with Gasteiger partial charge < -0.3 is 9.47 Å². The van der Waals surface area contributed by atoms with Gasteiger partial charge in [-0.2, -0.15) is 0 Å². The minimum absolute atomic E-state index is 0.449. The molecule has 0 aromatic rings. The summed E-state index contributed by atoms with van der Waals surface area (Å²) in [7, 11) is -1.41. The topological polar surface area (TPSA) is 52.6 Å². The fourth-order valence-electron chi connectivity index (χ4n) is 0.808. The van der Waals surface area contributed by atoms with E-state index < -0.39 is 25.6 Å². The molecule has 0 N–H and O–H groups in total. The molecule has 0 radical (unpaired) electrons. The van der Waals surface area contributed by atoms with Gasteiger partial charge in [-0.25, -0.2) is 9.59 Å². The molecule has 0 unspecified atom stereocenters. The van der Waals surface area contributed by atoms with Crippen LogP contribution in [0.2, 0.25) is 19.6 Å². The minimum Gasteiger partial charge on any atom is -0.466 e. The molecule has 98 valence electrons. The van der Waals surface area contributed by atoms with Crippen molar-refractivity contribution in [2.45, 2.75) is 46.0 Å². The van der Waals surface area contributed by atoms with Crippen LogP contribution in [0.3, 0.4) is 0 Å². The first-order chi connectivity index (χ1) is 7.49. The maximum Gasteiger partial charge on any atom is 0.331 e. The lowest BCUT2D eigenvalue weighted by Gasteiger charge is -2.18. The summed E-state index contributed by atoms with van der Waals surface area (Å²) in [5, 5.41) is 0. The van der Waals surface area contributed by atoms with Crippen LogP contribution >= 0.6 is 0 Å². The highest BCUT2D eigenvalue weighted by atomic mass is 28.3. The zero-order chi connectivity index (χ0) is 13.7. The van der Waals surface area contributed by atoms with Gasteiger partial charge in [-0.1, -0.05) is 19.6 Å². The highest BCUT2D eigenvalue weighted by Crippen LogP contribution is 2.07. The zero-order valence-corrected chi connectivity index (χ0v) is 12.5. The van der Waals surface area contributed by atoms with Gasteiger partial charge in [0.1, 0.15) is 5.60 Å². The molecule has 0 aliphatic heterocycles. The van der Waals surface area contributed by atoms with Crippen LogP contribution in [0, 0.1) is 0 Å². The van der Waals surface area contributed by atoms with Crippen LogP contribution in [0.4, 0.5) is 0 Å². The molecule has 0 rings (SSSR count). The van der Waals surface area contributed by atoms with Crippen molar-refractivity contribution in [3.05, 3.63) is 12.2 Å². The molecular formula is C12H22O4Si. The van der Waals surface area contributed by atoms with Crippen LogP contribution in [0.5, 0.6) is 0 Å². The van der Waals surface area contributed by atoms with Crippen LogP contribution in [0.25, 0.3) is 0 Å². The lowest BCUT2D eigenvalue weighted by Crippen LogP contribution is -2.29. The Morgan fingerprint density at radius 2 is 1.53 bits per heavy atom. The van der Waals surface area contributed by atoms with Gasteiger partial charge in [-0.15, -0.1) is 0 Å². The molecule has 0 heterocycles. The summed E-state index contributed by atoms with van der Waals surface area (Å²) < 4.78 is 10.0. The Hall–Kier alpha value is -1.10. The van der Waals surface area contributed by atoms with Gasteiger partial charge in [-0.05, 0) is 20.8 Å². The van der Waals surface area contributed by atoms with E-state index in [0.717, 1.165) is 12.2 Å². The van der Waals surface area contributed by atoms with E-state index in [4.69, 9.17) is 9.47 Å². The third-order valence-corrected chi connectivity index (χ3v) is 2.42. The fourth-order valence-corrected chi connectivity index (χ4v) is 1.38. The average Bonchev–Trinajstić information content (AvgIpc) is 2.07. The molecule has 0 amide bonds. The van der Waals surface area contributed by atoms with Gasteiger partial charge >= 0.3 is 11.9 Å². The molecule has 0 atom stereocenters. The Morgan fingerprint density at radius 1 is 1.06 bits per heavy atom. The summed E-state index contributed by atoms with van der Waals surface area (Å²) in [5.41, 5.74) is -0.552. The smallest absolute Gasteiger partial charge is 0.331 e. The molecule has 0 aliphatic carbocycles. The SMILES string of the molecule is CC(C)(C)OC(=O)/C=C/C(=O)OC[Si](C)(C)C. The monoisotopic (exact) mass is 258 g/mol. The van der Waals surface area contributed by atoms with Crippen molar-refractivity contribution in [2.75, 3.05) is 6.23 Å². The fraction of sp³-hybridized carbons (Fsp3) is 0.667. The van der Waals surface area contributed by atoms with Gasteiger partial charge in [0.2, 0.25) is 0 Å². The average molecular weight is 258 g/mol. The number of esters is 2. The van der Waals surface area contributed by atoms with E-state index in [1.165, 1.54) is 0 Å². The van der Waals surface area contributed by atoms with E-state index in [1.807, 2.05) is 0 Å². The summed E-state index contributed by atoms with van der Waals surface area (Å²) in [6.07, 6.45) is 2.65. The largest absolute Gasteiger partial charge is 0.466 e. The first-order valence-corrected chi connectivity index (χ1v) is 9.28. The van der Waals surface area contributed by atoms with Gasteiger partial charge in [0.05, 0.1) is 14.3 Å². The number of rotatable bonds is 4. The van der Waals surface area contributed by atoms with Crippen molar-refractivity contribution in [3.8, 4) is 0 Å². The molecule has 0 saturated heterocycles. The highest BCUT2D eigenvalue weighted by Gasteiger charge is 2.16. The molecule has 4 nitrogen and oxygen atoms in total. The molecule has 5 heteroatoms. The minimum atomic E-state index is -1.41. The van der Waals surface area contributed by atoms with E-state index in [-0.39, 0.29) is 0 Å². The molecule has 0 aromatic carbocycles. The molecule has 0 aromatic heterocycles. The number of carbonyl (C=O) groups excluding carboxylic acids is 2. The second-order valence-electron chi connectivity index (χ2n) is 6.04. The summed E-state index contributed by atoms with van der Waals surface area (Å²) in [6, 6.07) is 0. The van der Waals surface area contributed by atoms with E-state index in [9.17, 15) is 9.59 Å². The van der Waals surface area contributed by atoms with Crippen LogP contribution in [0.1, 0.15) is 20.8 Å². The quantitative estimate of drug-likeness (QED) is 0.441. The van der Waals surface area contributed by atoms with Crippen LogP contribution in [0.15, 0.2) is 12.2 Å². The van der Waals surface area contributed by atoms with Gasteiger partial charge in [0, 0.05) is 12.2 Å². The molecule has 0 fully saturated rings. The van der Waals surface area contributed by atoms with Crippen LogP contribution in [-0.4, -0.2) is 31.8 Å². The normalized spacial score (nSPS) is 12.6. The molecular weight excluding hydrogens is 236 g/mol. The van der Waals surface area contributed by atoms with Crippen molar-refractivity contribution in [1.29, 1.82) is 0 Å². The summed E-state index contributed by atoms with van der Waals surface area (Å²) >= 11 is 0. The first kappa shape index (κ1) is 15.9. The Labute approximate surface area is 104 Å². The van der Waals surface area contributed by atoms with E-state index in [1.54, 1.807) is 20.8 Å². The van der Waals surface area contributed by atoms with Gasteiger partial charge in [-0.3, -0.25) is 0 Å². The van der Waals surface area contributed by atoms with E-state index in [2.05, 4.69) is 19.6 Å². The number of ether oxygens (including phenoxy) is 2. The van der Waals surface area contributed by atoms with Crippen molar-refractivity contribution in [2.24, 2.45) is 0 Å². The molecule has 17 heavy (non-hydrogen) atoms. The van der Waals surface area contributed by atoms with Crippen LogP contribution in [-0.2, 0) is 19.1 Å². The Kier molecular flexibility index (Phi) is 5.61. The van der Waals surface area contributed by atoms with Gasteiger partial charge in [0.25, 0.3) is 0 Å². The second-order valence-corrected chi connectivity index (χ2v) is 11.4. The number of hydrogen-bond donors (Lipinski definition) is 0. The maximum atomic E-state index is 11.3. The predicted octanol–water partition coefficient (Wildman–Crippen LogP) is 2.30. The van der Waals surface area contributed by atoms with E-state index >= 15 is 0 Å². The molecule has 0 saturated carbocycles. The molecule has 0 bridgehead atoms. The Bertz CT molecular complexity index is 307. The van der Waals surface area contributed by atoms with Crippen molar-refractivity contribution in [3.63, 3.8) is 0 Å². The standard InChI is InChI=1S/C12H22O4Si/c1-12(2,3)16-11(14)8-7-10(13)15-9-17(4,5)6/h7-8H,9H2,1-6H3/b8-7+. The first-order valence-electron chi connectivity index (χ1n) is 5.57. The highest BCUT2D eigenvalue weighted by molar-refractivity contribution is 6.76. The lowest BCUT2D eigenvalue weighted by atomic mass is 10.2. The molecule has 0 spiro atoms. The number of hydrogen-bond acceptors (Lipinski definition) is 4. The van der Waals surface area contributed by atoms with Crippen molar-refractivity contribution in [1.82, 2.24) is 0 Å². The van der Waals surface area contributed by atoms with Crippen molar-refractivity contribution >= 4 is 20.0 Å². The summed E-state index contributed by atoms with van der Waals surface area (Å²) in [6.45, 7) is 11.6. The maximum absolute atomic E-state index is 11.3. The predicted molar refractivity (Wildman–Crippen MR) is 69.3 cm³/mol. The second kappa shape index (κ2) is 6.00. The Morgan fingerprint density at radius 3 is 1.94 bits per heavy atom.